The first-order chi connectivity index (χ1) is 11.7. The van der Waals surface area contributed by atoms with Crippen molar-refractivity contribution >= 4 is 5.57 Å². The van der Waals surface area contributed by atoms with Crippen LogP contribution in [0.25, 0.3) is 5.57 Å². The monoisotopic (exact) mass is 346 g/mol. The number of halogens is 3. The van der Waals surface area contributed by atoms with Crippen LogP contribution in [0.15, 0.2) is 42.6 Å². The van der Waals surface area contributed by atoms with Crippen molar-refractivity contribution in [3.8, 4) is 17.6 Å². The second-order valence-electron chi connectivity index (χ2n) is 6.01. The van der Waals surface area contributed by atoms with Crippen LogP contribution >= 0.6 is 0 Å². The summed E-state index contributed by atoms with van der Waals surface area (Å²) in [4.78, 5) is 4.02. The maximum absolute atomic E-state index is 12.5. The smallest absolute Gasteiger partial charge is 0.483 e. The van der Waals surface area contributed by atoms with E-state index in [1.165, 1.54) is 24.4 Å². The van der Waals surface area contributed by atoms with Gasteiger partial charge >= 0.3 is 6.36 Å². The standard InChI is InChI=1S/C18H13F3N2O2/c1-17(2)8-15(11-3-4-12(9-22)23-10-11)14-7-13(24-18(19,20)21)5-6-16(14)25-17/h3-8,10H,1-2H3. The number of hydrogen-bond acceptors (Lipinski definition) is 4. The minimum absolute atomic E-state index is 0.255. The number of pyridine rings is 1. The van der Waals surface area contributed by atoms with Gasteiger partial charge in [-0.25, -0.2) is 4.98 Å². The van der Waals surface area contributed by atoms with E-state index in [1.807, 2.05) is 19.9 Å². The summed E-state index contributed by atoms with van der Waals surface area (Å²) >= 11 is 0. The molecule has 3 rings (SSSR count). The summed E-state index contributed by atoms with van der Waals surface area (Å²) in [5.41, 5.74) is 1.40. The van der Waals surface area contributed by atoms with E-state index in [2.05, 4.69) is 9.72 Å². The molecule has 0 aliphatic carbocycles. The van der Waals surface area contributed by atoms with Crippen LogP contribution in [0.1, 0.15) is 30.7 Å². The highest BCUT2D eigenvalue weighted by molar-refractivity contribution is 5.85. The van der Waals surface area contributed by atoms with E-state index < -0.39 is 12.0 Å². The number of benzene rings is 1. The van der Waals surface area contributed by atoms with E-state index in [0.717, 1.165) is 0 Å². The van der Waals surface area contributed by atoms with Gasteiger partial charge in [0.05, 0.1) is 0 Å². The fraction of sp³-hybridized carbons (Fsp3) is 0.222. The third kappa shape index (κ3) is 3.74. The molecule has 2 heterocycles. The molecular weight excluding hydrogens is 333 g/mol. The highest BCUT2D eigenvalue weighted by atomic mass is 19.4. The Hall–Kier alpha value is -3.01. The average molecular weight is 346 g/mol. The summed E-state index contributed by atoms with van der Waals surface area (Å²) < 4.78 is 47.3. The fourth-order valence-corrected chi connectivity index (χ4v) is 2.60. The maximum atomic E-state index is 12.5. The highest BCUT2D eigenvalue weighted by Gasteiger charge is 2.33. The molecule has 7 heteroatoms. The van der Waals surface area contributed by atoms with Gasteiger partial charge in [0.1, 0.15) is 28.9 Å². The second kappa shape index (κ2) is 5.81. The van der Waals surface area contributed by atoms with E-state index in [4.69, 9.17) is 10.00 Å². The number of nitriles is 1. The molecule has 2 aromatic rings. The first-order valence-corrected chi connectivity index (χ1v) is 7.35. The van der Waals surface area contributed by atoms with Crippen LogP contribution in [0, 0.1) is 11.3 Å². The van der Waals surface area contributed by atoms with E-state index in [0.29, 0.717) is 22.4 Å². The van der Waals surface area contributed by atoms with Crippen LogP contribution in [0.5, 0.6) is 11.5 Å². The molecule has 1 aromatic heterocycles. The summed E-state index contributed by atoms with van der Waals surface area (Å²) in [5, 5.41) is 8.85. The lowest BCUT2D eigenvalue weighted by Gasteiger charge is -2.31. The number of aromatic nitrogens is 1. The van der Waals surface area contributed by atoms with Gasteiger partial charge in [-0.1, -0.05) is 0 Å². The first-order valence-electron chi connectivity index (χ1n) is 7.35. The molecule has 0 radical (unpaired) electrons. The van der Waals surface area contributed by atoms with E-state index >= 15 is 0 Å². The number of nitrogens with zero attached hydrogens (tertiary/aromatic N) is 2. The number of fused-ring (bicyclic) bond motifs is 1. The molecule has 0 saturated carbocycles. The van der Waals surface area contributed by atoms with Gasteiger partial charge in [0.15, 0.2) is 0 Å². The van der Waals surface area contributed by atoms with E-state index in [9.17, 15) is 13.2 Å². The van der Waals surface area contributed by atoms with Crippen molar-refractivity contribution in [2.45, 2.75) is 25.8 Å². The molecule has 1 aromatic carbocycles. The Morgan fingerprint density at radius 2 is 1.96 bits per heavy atom. The van der Waals surface area contributed by atoms with Gasteiger partial charge in [0, 0.05) is 17.3 Å². The zero-order valence-corrected chi connectivity index (χ0v) is 13.4. The fourth-order valence-electron chi connectivity index (χ4n) is 2.60. The van der Waals surface area contributed by atoms with Crippen LogP contribution in [0.2, 0.25) is 0 Å². The third-order valence-electron chi connectivity index (χ3n) is 3.53. The Bertz CT molecular complexity index is 879. The summed E-state index contributed by atoms with van der Waals surface area (Å²) in [6.07, 6.45) is -1.47. The van der Waals surface area contributed by atoms with Crippen LogP contribution < -0.4 is 9.47 Å². The van der Waals surface area contributed by atoms with Crippen molar-refractivity contribution in [1.82, 2.24) is 4.98 Å². The van der Waals surface area contributed by atoms with Crippen molar-refractivity contribution < 1.29 is 22.6 Å². The van der Waals surface area contributed by atoms with Gasteiger partial charge in [-0.2, -0.15) is 5.26 Å². The number of rotatable bonds is 2. The number of hydrogen-bond donors (Lipinski definition) is 0. The average Bonchev–Trinajstić information content (AvgIpc) is 2.52. The summed E-state index contributed by atoms with van der Waals surface area (Å²) in [5.74, 6) is 0.114. The Labute approximate surface area is 142 Å². The van der Waals surface area contributed by atoms with Gasteiger partial charge in [-0.3, -0.25) is 0 Å². The zero-order valence-electron chi connectivity index (χ0n) is 13.4. The third-order valence-corrected chi connectivity index (χ3v) is 3.53. The van der Waals surface area contributed by atoms with Gasteiger partial charge < -0.3 is 9.47 Å². The minimum Gasteiger partial charge on any atom is -0.483 e. The largest absolute Gasteiger partial charge is 0.573 e. The van der Waals surface area contributed by atoms with Gasteiger partial charge in [-0.15, -0.1) is 13.2 Å². The Kier molecular flexibility index (Phi) is 3.91. The Morgan fingerprint density at radius 1 is 1.20 bits per heavy atom. The lowest BCUT2D eigenvalue weighted by Crippen LogP contribution is -2.29. The summed E-state index contributed by atoms with van der Waals surface area (Å²) in [6, 6.07) is 9.11. The molecule has 1 aliphatic heterocycles. The van der Waals surface area contributed by atoms with Crippen LogP contribution in [-0.2, 0) is 0 Å². The topological polar surface area (TPSA) is 55.1 Å². The molecule has 0 unspecified atom stereocenters. The van der Waals surface area contributed by atoms with Gasteiger partial charge in [0.2, 0.25) is 0 Å². The molecule has 0 saturated heterocycles. The molecule has 4 nitrogen and oxygen atoms in total. The predicted octanol–water partition coefficient (Wildman–Crippen LogP) is 4.45. The second-order valence-corrected chi connectivity index (χ2v) is 6.01. The Morgan fingerprint density at radius 3 is 2.56 bits per heavy atom. The van der Waals surface area contributed by atoms with E-state index in [-0.39, 0.29) is 11.4 Å². The van der Waals surface area contributed by atoms with Crippen LogP contribution in [0.4, 0.5) is 13.2 Å². The molecule has 25 heavy (non-hydrogen) atoms. The van der Waals surface area contributed by atoms with Crippen LogP contribution in [-0.4, -0.2) is 16.9 Å². The van der Waals surface area contributed by atoms with Crippen molar-refractivity contribution in [1.29, 1.82) is 5.26 Å². The zero-order chi connectivity index (χ0) is 18.2. The molecular formula is C18H13F3N2O2. The molecule has 0 spiro atoms. The van der Waals surface area contributed by atoms with Gasteiger partial charge in [-0.05, 0) is 55.8 Å². The first kappa shape index (κ1) is 16.8. The lowest BCUT2D eigenvalue weighted by atomic mass is 9.90. The molecule has 1 aliphatic rings. The van der Waals surface area contributed by atoms with Crippen LogP contribution in [0.3, 0.4) is 0 Å². The number of alkyl halides is 3. The summed E-state index contributed by atoms with van der Waals surface area (Å²) in [7, 11) is 0. The minimum atomic E-state index is -4.77. The molecule has 0 bridgehead atoms. The van der Waals surface area contributed by atoms with E-state index in [1.54, 1.807) is 18.2 Å². The normalized spacial score (nSPS) is 15.4. The van der Waals surface area contributed by atoms with Crippen molar-refractivity contribution in [2.75, 3.05) is 0 Å². The number of ether oxygens (including phenoxy) is 2. The predicted molar refractivity (Wildman–Crippen MR) is 83.9 cm³/mol. The Balaban J connectivity index is 2.09. The van der Waals surface area contributed by atoms with Crippen molar-refractivity contribution in [2.24, 2.45) is 0 Å². The summed E-state index contributed by atoms with van der Waals surface area (Å²) in [6.45, 7) is 3.68. The lowest BCUT2D eigenvalue weighted by molar-refractivity contribution is -0.274. The SMILES string of the molecule is CC1(C)C=C(c2ccc(C#N)nc2)c2cc(OC(F)(F)F)ccc2O1. The van der Waals surface area contributed by atoms with Gasteiger partial charge in [0.25, 0.3) is 0 Å². The molecule has 0 amide bonds. The molecule has 0 N–H and O–H groups in total. The molecule has 0 atom stereocenters. The quantitative estimate of drug-likeness (QED) is 0.806. The van der Waals surface area contributed by atoms with Crippen molar-refractivity contribution in [3.63, 3.8) is 0 Å². The van der Waals surface area contributed by atoms with Crippen molar-refractivity contribution in [3.05, 3.63) is 59.4 Å². The highest BCUT2D eigenvalue weighted by Crippen LogP contribution is 2.41. The maximum Gasteiger partial charge on any atom is 0.573 e. The molecule has 0 fully saturated rings. The molecule has 128 valence electrons.